The maximum absolute atomic E-state index is 11.9. The molecule has 0 spiro atoms. The van der Waals surface area contributed by atoms with E-state index in [9.17, 15) is 13.2 Å². The molecule has 0 amide bonds. The predicted octanol–water partition coefficient (Wildman–Crippen LogP) is 2.91. The topological polar surface area (TPSA) is 45.0 Å². The lowest BCUT2D eigenvalue weighted by atomic mass is 10.2. The normalized spacial score (nSPS) is 12.7. The van der Waals surface area contributed by atoms with Crippen LogP contribution < -0.4 is 10.1 Å². The summed E-state index contributed by atoms with van der Waals surface area (Å²) in [7, 11) is 0. The van der Waals surface area contributed by atoms with Crippen LogP contribution in [0.2, 0.25) is 0 Å². The molecule has 0 aliphatic heterocycles. The average Bonchev–Trinajstić information content (AvgIpc) is 2.15. The van der Waals surface area contributed by atoms with Crippen molar-refractivity contribution in [1.82, 2.24) is 0 Å². The van der Waals surface area contributed by atoms with Crippen molar-refractivity contribution in [2.45, 2.75) is 19.3 Å². The molecule has 1 rings (SSSR count). The van der Waals surface area contributed by atoms with Crippen LogP contribution in [-0.4, -0.2) is 12.4 Å². The molecular formula is C10H9F3N2O. The molecule has 0 radical (unpaired) electrons. The van der Waals surface area contributed by atoms with Crippen molar-refractivity contribution in [2.24, 2.45) is 0 Å². The van der Waals surface area contributed by atoms with Gasteiger partial charge in [-0.15, -0.1) is 13.2 Å². The van der Waals surface area contributed by atoms with Gasteiger partial charge in [0.25, 0.3) is 0 Å². The number of halogens is 3. The van der Waals surface area contributed by atoms with Crippen molar-refractivity contribution in [3.05, 3.63) is 24.3 Å². The summed E-state index contributed by atoms with van der Waals surface area (Å²) in [4.78, 5) is 0. The monoisotopic (exact) mass is 230 g/mol. The molecule has 0 saturated heterocycles. The van der Waals surface area contributed by atoms with Crippen molar-refractivity contribution in [2.75, 3.05) is 5.32 Å². The summed E-state index contributed by atoms with van der Waals surface area (Å²) in [5.74, 6) is -0.317. The van der Waals surface area contributed by atoms with Crippen molar-refractivity contribution in [3.63, 3.8) is 0 Å². The van der Waals surface area contributed by atoms with Crippen LogP contribution in [0.1, 0.15) is 6.92 Å². The van der Waals surface area contributed by atoms with Crippen molar-refractivity contribution in [1.29, 1.82) is 5.26 Å². The molecule has 0 saturated carbocycles. The molecule has 1 aromatic rings. The van der Waals surface area contributed by atoms with Gasteiger partial charge in [0, 0.05) is 11.8 Å². The van der Waals surface area contributed by atoms with E-state index in [-0.39, 0.29) is 5.75 Å². The minimum absolute atomic E-state index is 0.317. The first kappa shape index (κ1) is 12.2. The Balaban J connectivity index is 2.76. The van der Waals surface area contributed by atoms with Gasteiger partial charge in [0.05, 0.1) is 6.07 Å². The maximum atomic E-state index is 11.9. The highest BCUT2D eigenvalue weighted by Gasteiger charge is 2.31. The zero-order valence-corrected chi connectivity index (χ0v) is 8.38. The molecule has 86 valence electrons. The highest BCUT2D eigenvalue weighted by Crippen LogP contribution is 2.25. The van der Waals surface area contributed by atoms with Gasteiger partial charge in [0.15, 0.2) is 0 Å². The second-order valence-electron chi connectivity index (χ2n) is 3.07. The second-order valence-corrected chi connectivity index (χ2v) is 3.07. The van der Waals surface area contributed by atoms with E-state index in [1.54, 1.807) is 13.0 Å². The molecule has 1 N–H and O–H groups in total. The number of rotatable bonds is 3. The lowest BCUT2D eigenvalue weighted by Gasteiger charge is -2.11. The Morgan fingerprint density at radius 1 is 1.44 bits per heavy atom. The Morgan fingerprint density at radius 2 is 2.12 bits per heavy atom. The van der Waals surface area contributed by atoms with E-state index in [4.69, 9.17) is 5.26 Å². The molecule has 3 nitrogen and oxygen atoms in total. The number of hydrogen-bond donors (Lipinski definition) is 1. The summed E-state index contributed by atoms with van der Waals surface area (Å²) < 4.78 is 39.5. The zero-order valence-electron chi connectivity index (χ0n) is 8.38. The van der Waals surface area contributed by atoms with Gasteiger partial charge in [-0.2, -0.15) is 5.26 Å². The molecule has 1 unspecified atom stereocenters. The smallest absolute Gasteiger partial charge is 0.406 e. The van der Waals surface area contributed by atoms with Crippen LogP contribution in [0.3, 0.4) is 0 Å². The molecule has 6 heteroatoms. The van der Waals surface area contributed by atoms with Crippen LogP contribution in [0, 0.1) is 11.3 Å². The first-order chi connectivity index (χ1) is 7.40. The third-order valence-electron chi connectivity index (χ3n) is 1.64. The lowest BCUT2D eigenvalue weighted by molar-refractivity contribution is -0.274. The van der Waals surface area contributed by atoms with Gasteiger partial charge in [-0.25, -0.2) is 0 Å². The first-order valence-corrected chi connectivity index (χ1v) is 4.42. The minimum atomic E-state index is -4.71. The van der Waals surface area contributed by atoms with Crippen LogP contribution in [0.25, 0.3) is 0 Å². The number of alkyl halides is 3. The molecule has 1 aromatic carbocycles. The van der Waals surface area contributed by atoms with Crippen molar-refractivity contribution < 1.29 is 17.9 Å². The Kier molecular flexibility index (Phi) is 3.61. The molecule has 1 atom stereocenters. The van der Waals surface area contributed by atoms with Crippen LogP contribution in [0.4, 0.5) is 18.9 Å². The van der Waals surface area contributed by atoms with Gasteiger partial charge < -0.3 is 10.1 Å². The predicted molar refractivity (Wildman–Crippen MR) is 51.8 cm³/mol. The van der Waals surface area contributed by atoms with Gasteiger partial charge in [-0.1, -0.05) is 6.07 Å². The highest BCUT2D eigenvalue weighted by atomic mass is 19.4. The summed E-state index contributed by atoms with van der Waals surface area (Å²) in [6.45, 7) is 1.59. The molecule has 0 heterocycles. The van der Waals surface area contributed by atoms with Gasteiger partial charge in [0.2, 0.25) is 0 Å². The SMILES string of the molecule is CC(C#N)Nc1cccc(OC(F)(F)F)c1. The number of nitrogens with zero attached hydrogens (tertiary/aromatic N) is 1. The van der Waals surface area contributed by atoms with Gasteiger partial charge in [0.1, 0.15) is 11.8 Å². The Hall–Kier alpha value is -1.90. The lowest BCUT2D eigenvalue weighted by Crippen LogP contribution is -2.17. The zero-order chi connectivity index (χ0) is 12.2. The van der Waals surface area contributed by atoms with Crippen LogP contribution in [0.15, 0.2) is 24.3 Å². The number of nitrogens with one attached hydrogen (secondary N) is 1. The van der Waals surface area contributed by atoms with E-state index in [0.29, 0.717) is 5.69 Å². The van der Waals surface area contributed by atoms with Crippen LogP contribution >= 0.6 is 0 Å². The maximum Gasteiger partial charge on any atom is 0.573 e. The van der Waals surface area contributed by atoms with E-state index in [2.05, 4.69) is 10.1 Å². The quantitative estimate of drug-likeness (QED) is 0.868. The van der Waals surface area contributed by atoms with Crippen LogP contribution in [0.5, 0.6) is 5.75 Å². The second kappa shape index (κ2) is 4.75. The van der Waals surface area contributed by atoms with E-state index < -0.39 is 12.4 Å². The molecule has 0 fully saturated rings. The highest BCUT2D eigenvalue weighted by molar-refractivity contribution is 5.49. The summed E-state index contributed by atoms with van der Waals surface area (Å²) >= 11 is 0. The molecule has 16 heavy (non-hydrogen) atoms. The first-order valence-electron chi connectivity index (χ1n) is 4.42. The fourth-order valence-electron chi connectivity index (χ4n) is 1.07. The minimum Gasteiger partial charge on any atom is -0.406 e. The van der Waals surface area contributed by atoms with E-state index in [0.717, 1.165) is 0 Å². The number of ether oxygens (including phenoxy) is 1. The fourth-order valence-corrected chi connectivity index (χ4v) is 1.07. The largest absolute Gasteiger partial charge is 0.573 e. The Bertz CT molecular complexity index is 398. The van der Waals surface area contributed by atoms with Crippen LogP contribution in [-0.2, 0) is 0 Å². The summed E-state index contributed by atoms with van der Waals surface area (Å²) in [6.07, 6.45) is -4.71. The molecule has 0 aliphatic rings. The standard InChI is InChI=1S/C10H9F3N2O/c1-7(6-14)15-8-3-2-4-9(5-8)16-10(11,12)13/h2-5,7,15H,1H3. The molecule has 0 aromatic heterocycles. The molecular weight excluding hydrogens is 221 g/mol. The van der Waals surface area contributed by atoms with E-state index >= 15 is 0 Å². The van der Waals surface area contributed by atoms with Gasteiger partial charge in [-0.3, -0.25) is 0 Å². The van der Waals surface area contributed by atoms with E-state index in [1.807, 2.05) is 6.07 Å². The molecule has 0 bridgehead atoms. The third-order valence-corrected chi connectivity index (χ3v) is 1.64. The fraction of sp³-hybridized carbons (Fsp3) is 0.300. The Labute approximate surface area is 90.4 Å². The Morgan fingerprint density at radius 3 is 2.69 bits per heavy atom. The van der Waals surface area contributed by atoms with Gasteiger partial charge >= 0.3 is 6.36 Å². The van der Waals surface area contributed by atoms with E-state index in [1.165, 1.54) is 18.2 Å². The molecule has 0 aliphatic carbocycles. The number of benzene rings is 1. The van der Waals surface area contributed by atoms with Crippen molar-refractivity contribution in [3.8, 4) is 11.8 Å². The summed E-state index contributed by atoms with van der Waals surface area (Å²) in [5, 5.41) is 11.2. The van der Waals surface area contributed by atoms with Gasteiger partial charge in [-0.05, 0) is 19.1 Å². The van der Waals surface area contributed by atoms with Crippen molar-refractivity contribution >= 4 is 5.69 Å². The average molecular weight is 230 g/mol. The number of hydrogen-bond acceptors (Lipinski definition) is 3. The number of anilines is 1. The summed E-state index contributed by atoms with van der Waals surface area (Å²) in [6, 6.07) is 6.76. The third kappa shape index (κ3) is 4.09. The summed E-state index contributed by atoms with van der Waals surface area (Å²) in [5.41, 5.74) is 0.399. The number of nitriles is 1.